The van der Waals surface area contributed by atoms with E-state index in [0.717, 1.165) is 24.3 Å². The van der Waals surface area contributed by atoms with Crippen LogP contribution in [0, 0.1) is 0 Å². The Morgan fingerprint density at radius 2 is 2.50 bits per heavy atom. The summed E-state index contributed by atoms with van der Waals surface area (Å²) < 4.78 is 0. The summed E-state index contributed by atoms with van der Waals surface area (Å²) in [4.78, 5) is 13.1. The molecule has 0 spiro atoms. The van der Waals surface area contributed by atoms with E-state index in [4.69, 9.17) is 5.11 Å². The summed E-state index contributed by atoms with van der Waals surface area (Å²) in [7, 11) is 0. The van der Waals surface area contributed by atoms with Crippen LogP contribution in [0.2, 0.25) is 0 Å². The van der Waals surface area contributed by atoms with Gasteiger partial charge in [-0.25, -0.2) is 4.79 Å². The van der Waals surface area contributed by atoms with Gasteiger partial charge in [0.05, 0.1) is 5.37 Å². The Bertz CT molecular complexity index is 322. The van der Waals surface area contributed by atoms with Crippen LogP contribution in [0.3, 0.4) is 0 Å². The standard InChI is InChI=1S/C10H13NO2S/c1-2-3-7-6-14-8-4-5-11(8)9(7)10(12)13/h2-3,8H,4-6H2,1H3,(H,12,13). The highest BCUT2D eigenvalue weighted by atomic mass is 32.2. The first-order valence-electron chi connectivity index (χ1n) is 4.71. The molecule has 76 valence electrons. The summed E-state index contributed by atoms with van der Waals surface area (Å²) in [5, 5.41) is 9.53. The molecule has 0 aromatic heterocycles. The number of rotatable bonds is 2. The van der Waals surface area contributed by atoms with E-state index in [1.54, 1.807) is 0 Å². The number of allylic oxidation sites excluding steroid dienone is 2. The van der Waals surface area contributed by atoms with E-state index in [9.17, 15) is 4.79 Å². The molecule has 4 heteroatoms. The number of fused-ring (bicyclic) bond motifs is 1. The van der Waals surface area contributed by atoms with E-state index in [0.29, 0.717) is 11.1 Å². The second-order valence-electron chi connectivity index (χ2n) is 3.43. The first-order valence-corrected chi connectivity index (χ1v) is 5.76. The molecule has 1 saturated heterocycles. The first kappa shape index (κ1) is 9.65. The SMILES string of the molecule is CC=CC1=C(C(=O)O)N2CCC2SC1. The van der Waals surface area contributed by atoms with Gasteiger partial charge in [0.1, 0.15) is 5.70 Å². The third-order valence-electron chi connectivity index (χ3n) is 2.56. The summed E-state index contributed by atoms with van der Waals surface area (Å²) in [6.45, 7) is 2.81. The fourth-order valence-corrected chi connectivity index (χ4v) is 3.09. The molecule has 14 heavy (non-hydrogen) atoms. The molecule has 1 N–H and O–H groups in total. The predicted molar refractivity (Wildman–Crippen MR) is 57.0 cm³/mol. The van der Waals surface area contributed by atoms with Gasteiger partial charge in [-0.3, -0.25) is 0 Å². The fraction of sp³-hybridized carbons (Fsp3) is 0.500. The van der Waals surface area contributed by atoms with Crippen LogP contribution >= 0.6 is 11.8 Å². The molecule has 1 fully saturated rings. The maximum atomic E-state index is 11.1. The highest BCUT2D eigenvalue weighted by Gasteiger charge is 2.37. The molecule has 0 radical (unpaired) electrons. The van der Waals surface area contributed by atoms with E-state index < -0.39 is 5.97 Å². The Kier molecular flexibility index (Phi) is 2.54. The zero-order chi connectivity index (χ0) is 10.1. The number of nitrogens with zero attached hydrogens (tertiary/aromatic N) is 1. The normalized spacial score (nSPS) is 26.4. The maximum absolute atomic E-state index is 11.1. The number of aliphatic carboxylic acids is 1. The van der Waals surface area contributed by atoms with Crippen LogP contribution < -0.4 is 0 Å². The van der Waals surface area contributed by atoms with Crippen LogP contribution in [0.4, 0.5) is 0 Å². The van der Waals surface area contributed by atoms with Crippen molar-refractivity contribution in [3.63, 3.8) is 0 Å². The van der Waals surface area contributed by atoms with Gasteiger partial charge in [-0.05, 0) is 18.9 Å². The molecule has 0 amide bonds. The lowest BCUT2D eigenvalue weighted by atomic mass is 10.1. The summed E-state index contributed by atoms with van der Waals surface area (Å²) >= 11 is 1.84. The van der Waals surface area contributed by atoms with Gasteiger partial charge < -0.3 is 10.0 Å². The summed E-state index contributed by atoms with van der Waals surface area (Å²) in [5.74, 6) is 0.0377. The number of carbonyl (C=O) groups is 1. The van der Waals surface area contributed by atoms with Gasteiger partial charge in [0.2, 0.25) is 0 Å². The van der Waals surface area contributed by atoms with Crippen molar-refractivity contribution in [1.29, 1.82) is 0 Å². The third kappa shape index (κ3) is 1.43. The van der Waals surface area contributed by atoms with Crippen molar-refractivity contribution in [2.75, 3.05) is 12.3 Å². The Balaban J connectivity index is 2.34. The van der Waals surface area contributed by atoms with E-state index in [1.165, 1.54) is 0 Å². The largest absolute Gasteiger partial charge is 0.477 e. The van der Waals surface area contributed by atoms with Crippen LogP contribution in [-0.2, 0) is 4.79 Å². The highest BCUT2D eigenvalue weighted by molar-refractivity contribution is 8.00. The van der Waals surface area contributed by atoms with Crippen LogP contribution in [0.15, 0.2) is 23.4 Å². The Morgan fingerprint density at radius 1 is 1.71 bits per heavy atom. The number of hydrogen-bond acceptors (Lipinski definition) is 3. The lowest BCUT2D eigenvalue weighted by molar-refractivity contribution is -0.135. The van der Waals surface area contributed by atoms with Gasteiger partial charge in [-0.15, -0.1) is 11.8 Å². The quantitative estimate of drug-likeness (QED) is 0.754. The van der Waals surface area contributed by atoms with Crippen LogP contribution in [0.1, 0.15) is 13.3 Å². The fourth-order valence-electron chi connectivity index (χ4n) is 1.82. The molecule has 0 aromatic carbocycles. The zero-order valence-corrected chi connectivity index (χ0v) is 8.88. The van der Waals surface area contributed by atoms with Crippen molar-refractivity contribution in [3.05, 3.63) is 23.4 Å². The van der Waals surface area contributed by atoms with Gasteiger partial charge in [0.15, 0.2) is 0 Å². The van der Waals surface area contributed by atoms with Gasteiger partial charge in [0, 0.05) is 12.3 Å². The minimum absolute atomic E-state index is 0.412. The van der Waals surface area contributed by atoms with Crippen molar-refractivity contribution in [2.24, 2.45) is 0 Å². The molecule has 2 rings (SSSR count). The lowest BCUT2D eigenvalue weighted by Crippen LogP contribution is -2.49. The second kappa shape index (κ2) is 3.69. The minimum Gasteiger partial charge on any atom is -0.477 e. The smallest absolute Gasteiger partial charge is 0.352 e. The number of hydrogen-bond donors (Lipinski definition) is 1. The average molecular weight is 211 g/mol. The molecule has 1 unspecified atom stereocenters. The Hall–Kier alpha value is -0.900. The van der Waals surface area contributed by atoms with E-state index in [2.05, 4.69) is 0 Å². The average Bonchev–Trinajstić information content (AvgIpc) is 2.09. The Morgan fingerprint density at radius 3 is 3.00 bits per heavy atom. The lowest BCUT2D eigenvalue weighted by Gasteiger charge is -2.45. The van der Waals surface area contributed by atoms with Crippen LogP contribution in [-0.4, -0.2) is 33.6 Å². The molecule has 0 aromatic rings. The molecule has 1 atom stereocenters. The number of thioether (sulfide) groups is 1. The predicted octanol–water partition coefficient (Wildman–Crippen LogP) is 1.68. The molecule has 0 bridgehead atoms. The van der Waals surface area contributed by atoms with E-state index in [-0.39, 0.29) is 0 Å². The van der Waals surface area contributed by atoms with Crippen molar-refractivity contribution in [1.82, 2.24) is 4.90 Å². The molecule has 0 aliphatic carbocycles. The van der Waals surface area contributed by atoms with Crippen molar-refractivity contribution in [2.45, 2.75) is 18.7 Å². The molecular weight excluding hydrogens is 198 g/mol. The molecule has 2 heterocycles. The summed E-state index contributed by atoms with van der Waals surface area (Å²) in [6.07, 6.45) is 4.93. The first-order chi connectivity index (χ1) is 6.74. The number of carboxylic acids is 1. The van der Waals surface area contributed by atoms with Crippen LogP contribution in [0.5, 0.6) is 0 Å². The van der Waals surface area contributed by atoms with Crippen molar-refractivity contribution in [3.8, 4) is 0 Å². The highest BCUT2D eigenvalue weighted by Crippen LogP contribution is 2.39. The topological polar surface area (TPSA) is 40.5 Å². The van der Waals surface area contributed by atoms with Crippen molar-refractivity contribution < 1.29 is 9.90 Å². The second-order valence-corrected chi connectivity index (χ2v) is 4.59. The van der Waals surface area contributed by atoms with E-state index in [1.807, 2.05) is 35.7 Å². The van der Waals surface area contributed by atoms with Gasteiger partial charge >= 0.3 is 5.97 Å². The molecule has 0 saturated carbocycles. The molecule has 3 nitrogen and oxygen atoms in total. The maximum Gasteiger partial charge on any atom is 0.352 e. The summed E-state index contributed by atoms with van der Waals surface area (Å²) in [6, 6.07) is 0. The van der Waals surface area contributed by atoms with E-state index >= 15 is 0 Å². The zero-order valence-electron chi connectivity index (χ0n) is 8.06. The van der Waals surface area contributed by atoms with Gasteiger partial charge in [-0.1, -0.05) is 12.2 Å². The molecule has 2 aliphatic heterocycles. The Labute approximate surface area is 87.5 Å². The monoisotopic (exact) mass is 211 g/mol. The molecular formula is C10H13NO2S. The number of carboxylic acid groups (broad SMARTS) is 1. The van der Waals surface area contributed by atoms with Crippen molar-refractivity contribution >= 4 is 17.7 Å². The van der Waals surface area contributed by atoms with Crippen LogP contribution in [0.25, 0.3) is 0 Å². The van der Waals surface area contributed by atoms with Gasteiger partial charge in [0.25, 0.3) is 0 Å². The summed E-state index contributed by atoms with van der Waals surface area (Å²) in [5.41, 5.74) is 1.46. The third-order valence-corrected chi connectivity index (χ3v) is 3.91. The minimum atomic E-state index is -0.789. The molecule has 2 aliphatic rings. The van der Waals surface area contributed by atoms with Gasteiger partial charge in [-0.2, -0.15) is 0 Å².